The number of nitrogens with one attached hydrogen (secondary N) is 3. The van der Waals surface area contributed by atoms with Gasteiger partial charge in [-0.25, -0.2) is 9.97 Å². The van der Waals surface area contributed by atoms with Gasteiger partial charge in [0.15, 0.2) is 0 Å². The highest BCUT2D eigenvalue weighted by Gasteiger charge is 2.51. The minimum atomic E-state index is -0.954. The lowest BCUT2D eigenvalue weighted by Gasteiger charge is -2.34. The standard InChI is InChI=1S/C39H47N7O4/c1-23(2)27-20-41-38(42-21-27)43-29-11-13-45(14-12-29)30-6-3-24(4-7-30)15-33-32-18-39(50,17-26(32)19-40-33)28-5-8-31-25(16-28)22-46(37(31)49)34-9-10-35(47)44-36(34)48/h3-8,16,20-21,23,26,29,32-34,40,50H,9-15,17-19,22H2,1-2H3,(H,41,42,43)(H,44,47,48)/t26-,32+,33+,34?,39+/m1/s1. The third kappa shape index (κ3) is 6.26. The molecule has 5 heterocycles. The highest BCUT2D eigenvalue weighted by atomic mass is 16.3. The normalized spacial score (nSPS) is 28.3. The van der Waals surface area contributed by atoms with Crippen molar-refractivity contribution in [2.24, 2.45) is 11.8 Å². The van der Waals surface area contributed by atoms with Gasteiger partial charge in [0.1, 0.15) is 6.04 Å². The Balaban J connectivity index is 0.857. The Hall–Kier alpha value is -4.35. The van der Waals surface area contributed by atoms with Crippen LogP contribution in [0.1, 0.15) is 90.9 Å². The summed E-state index contributed by atoms with van der Waals surface area (Å²) in [5.74, 6) is 0.976. The Kier molecular flexibility index (Phi) is 8.59. The zero-order chi connectivity index (χ0) is 34.6. The second-order valence-electron chi connectivity index (χ2n) is 15.4. The third-order valence-corrected chi connectivity index (χ3v) is 11.9. The van der Waals surface area contributed by atoms with Crippen LogP contribution in [0, 0.1) is 11.8 Å². The van der Waals surface area contributed by atoms with Gasteiger partial charge in [-0.05, 0) is 103 Å². The van der Waals surface area contributed by atoms with Crippen LogP contribution < -0.4 is 20.9 Å². The number of hydrogen-bond acceptors (Lipinski definition) is 9. The molecule has 4 fully saturated rings. The van der Waals surface area contributed by atoms with E-state index in [0.29, 0.717) is 61.1 Å². The second-order valence-corrected chi connectivity index (χ2v) is 15.4. The quantitative estimate of drug-likeness (QED) is 0.262. The molecule has 2 aromatic carbocycles. The van der Waals surface area contributed by atoms with Crippen molar-refractivity contribution >= 4 is 29.4 Å². The maximum Gasteiger partial charge on any atom is 0.255 e. The molecule has 262 valence electrons. The summed E-state index contributed by atoms with van der Waals surface area (Å²) < 4.78 is 0. The molecule has 8 rings (SSSR count). The Morgan fingerprint density at radius 3 is 2.48 bits per heavy atom. The Morgan fingerprint density at radius 2 is 1.76 bits per heavy atom. The zero-order valence-electron chi connectivity index (χ0n) is 28.9. The van der Waals surface area contributed by atoms with Crippen LogP contribution in [0.3, 0.4) is 0 Å². The molecule has 4 N–H and O–H groups in total. The molecular weight excluding hydrogens is 630 g/mol. The lowest BCUT2D eigenvalue weighted by atomic mass is 9.86. The van der Waals surface area contributed by atoms with E-state index in [0.717, 1.165) is 55.6 Å². The average Bonchev–Trinajstić information content (AvgIpc) is 3.76. The molecule has 0 bridgehead atoms. The van der Waals surface area contributed by atoms with E-state index in [9.17, 15) is 19.5 Å². The molecule has 3 amide bonds. The third-order valence-electron chi connectivity index (χ3n) is 11.9. The number of aliphatic hydroxyl groups is 1. The van der Waals surface area contributed by atoms with Crippen molar-refractivity contribution in [3.05, 3.63) is 82.7 Å². The SMILES string of the molecule is CC(C)c1cnc(NC2CCN(c3ccc(C[C@@H]4NC[C@H]5C[C@@](O)(c6ccc7c(c6)CN(C6CCC(=O)NC6=O)C7=O)C[C@@H]54)cc3)CC2)nc1. The van der Waals surface area contributed by atoms with Gasteiger partial charge in [-0.3, -0.25) is 19.7 Å². The van der Waals surface area contributed by atoms with Gasteiger partial charge in [0.25, 0.3) is 5.91 Å². The number of piperidine rings is 2. The van der Waals surface area contributed by atoms with Gasteiger partial charge in [0.2, 0.25) is 17.8 Å². The molecule has 1 saturated carbocycles. The molecule has 3 aromatic rings. The highest BCUT2D eigenvalue weighted by molar-refractivity contribution is 6.05. The predicted octanol–water partition coefficient (Wildman–Crippen LogP) is 3.87. The Bertz CT molecular complexity index is 1770. The topological polar surface area (TPSA) is 140 Å². The van der Waals surface area contributed by atoms with Crippen molar-refractivity contribution in [3.8, 4) is 0 Å². The van der Waals surface area contributed by atoms with Crippen LogP contribution in [0.2, 0.25) is 0 Å². The predicted molar refractivity (Wildman–Crippen MR) is 190 cm³/mol. The summed E-state index contributed by atoms with van der Waals surface area (Å²) in [5.41, 5.74) is 5.01. The number of benzene rings is 2. The van der Waals surface area contributed by atoms with Crippen LogP contribution in [0.15, 0.2) is 54.9 Å². The molecular formula is C39H47N7O4. The zero-order valence-corrected chi connectivity index (χ0v) is 28.9. The van der Waals surface area contributed by atoms with E-state index in [1.165, 1.54) is 11.3 Å². The second kappa shape index (κ2) is 13.1. The number of fused-ring (bicyclic) bond motifs is 2. The molecule has 11 heteroatoms. The summed E-state index contributed by atoms with van der Waals surface area (Å²) >= 11 is 0. The molecule has 0 radical (unpaired) electrons. The maximum atomic E-state index is 13.2. The smallest absolute Gasteiger partial charge is 0.255 e. The van der Waals surface area contributed by atoms with Crippen LogP contribution in [0.4, 0.5) is 11.6 Å². The first kappa shape index (κ1) is 32.8. The van der Waals surface area contributed by atoms with Gasteiger partial charge in [-0.2, -0.15) is 0 Å². The molecule has 0 spiro atoms. The lowest BCUT2D eigenvalue weighted by Crippen LogP contribution is -2.52. The van der Waals surface area contributed by atoms with Crippen molar-refractivity contribution in [1.82, 2.24) is 25.5 Å². The fraction of sp³-hybridized carbons (Fsp3) is 0.513. The molecule has 4 aliphatic heterocycles. The van der Waals surface area contributed by atoms with E-state index in [1.54, 1.807) is 11.0 Å². The summed E-state index contributed by atoms with van der Waals surface area (Å²) in [6, 6.07) is 14.7. The van der Waals surface area contributed by atoms with Gasteiger partial charge >= 0.3 is 0 Å². The summed E-state index contributed by atoms with van der Waals surface area (Å²) in [4.78, 5) is 50.4. The average molecular weight is 678 g/mol. The monoisotopic (exact) mass is 677 g/mol. The van der Waals surface area contributed by atoms with Crippen molar-refractivity contribution in [2.75, 3.05) is 29.9 Å². The number of aromatic nitrogens is 2. The van der Waals surface area contributed by atoms with Gasteiger partial charge in [-0.1, -0.05) is 38.1 Å². The summed E-state index contributed by atoms with van der Waals surface area (Å²) in [5, 5.41) is 21.6. The van der Waals surface area contributed by atoms with Crippen LogP contribution in [0.25, 0.3) is 0 Å². The molecule has 50 heavy (non-hydrogen) atoms. The van der Waals surface area contributed by atoms with E-state index < -0.39 is 17.6 Å². The summed E-state index contributed by atoms with van der Waals surface area (Å²) in [6.45, 7) is 7.47. The number of nitrogens with zero attached hydrogens (tertiary/aromatic N) is 4. The minimum absolute atomic E-state index is 0.189. The number of hydrogen-bond donors (Lipinski definition) is 4. The fourth-order valence-electron chi connectivity index (χ4n) is 8.97. The molecule has 11 nitrogen and oxygen atoms in total. The molecule has 3 saturated heterocycles. The highest BCUT2D eigenvalue weighted by Crippen LogP contribution is 2.50. The molecule has 1 unspecified atom stereocenters. The number of imide groups is 1. The minimum Gasteiger partial charge on any atom is -0.385 e. The Morgan fingerprint density at radius 1 is 1.00 bits per heavy atom. The summed E-state index contributed by atoms with van der Waals surface area (Å²) in [7, 11) is 0. The first-order valence-corrected chi connectivity index (χ1v) is 18.3. The fourth-order valence-corrected chi connectivity index (χ4v) is 8.97. The van der Waals surface area contributed by atoms with E-state index in [1.807, 2.05) is 24.5 Å². The van der Waals surface area contributed by atoms with Gasteiger partial charge < -0.3 is 25.5 Å². The summed E-state index contributed by atoms with van der Waals surface area (Å²) in [6.07, 6.45) is 8.75. The molecule has 1 aliphatic carbocycles. The van der Waals surface area contributed by atoms with Gasteiger partial charge in [0, 0.05) is 61.8 Å². The van der Waals surface area contributed by atoms with Crippen LogP contribution in [0.5, 0.6) is 0 Å². The Labute approximate surface area is 293 Å². The largest absolute Gasteiger partial charge is 0.385 e. The van der Waals surface area contributed by atoms with E-state index in [2.05, 4.69) is 68.9 Å². The number of anilines is 2. The van der Waals surface area contributed by atoms with Crippen molar-refractivity contribution in [3.63, 3.8) is 0 Å². The number of rotatable bonds is 8. The van der Waals surface area contributed by atoms with Gasteiger partial charge in [0.05, 0.1) is 5.60 Å². The van der Waals surface area contributed by atoms with E-state index in [4.69, 9.17) is 0 Å². The molecule has 5 aliphatic rings. The number of carbonyl (C=O) groups is 3. The number of amides is 3. The van der Waals surface area contributed by atoms with E-state index >= 15 is 0 Å². The first-order chi connectivity index (χ1) is 24.1. The first-order valence-electron chi connectivity index (χ1n) is 18.3. The van der Waals surface area contributed by atoms with Crippen molar-refractivity contribution in [1.29, 1.82) is 0 Å². The van der Waals surface area contributed by atoms with Crippen LogP contribution >= 0.6 is 0 Å². The van der Waals surface area contributed by atoms with Crippen molar-refractivity contribution < 1.29 is 19.5 Å². The van der Waals surface area contributed by atoms with Crippen molar-refractivity contribution in [2.45, 2.75) is 95.0 Å². The number of carbonyl (C=O) groups excluding carboxylic acids is 3. The van der Waals surface area contributed by atoms with Gasteiger partial charge in [-0.15, -0.1) is 0 Å². The molecule has 5 atom stereocenters. The van der Waals surface area contributed by atoms with E-state index in [-0.39, 0.29) is 24.3 Å². The lowest BCUT2D eigenvalue weighted by molar-refractivity contribution is -0.136. The van der Waals surface area contributed by atoms with Crippen LogP contribution in [-0.4, -0.2) is 75.5 Å². The maximum absolute atomic E-state index is 13.2. The molecule has 1 aromatic heterocycles. The van der Waals surface area contributed by atoms with Crippen LogP contribution in [-0.2, 0) is 28.2 Å².